The van der Waals surface area contributed by atoms with Crippen molar-refractivity contribution in [3.05, 3.63) is 114 Å². The van der Waals surface area contributed by atoms with Gasteiger partial charge in [-0.3, -0.25) is 0 Å². The van der Waals surface area contributed by atoms with Crippen molar-refractivity contribution < 1.29 is 0 Å². The summed E-state index contributed by atoms with van der Waals surface area (Å²) >= 11 is 0. The molecular weight excluding hydrogens is 386 g/mol. The first-order chi connectivity index (χ1) is 15.6. The quantitative estimate of drug-likeness (QED) is 0.258. The third-order valence-corrected chi connectivity index (χ3v) is 7.35. The van der Waals surface area contributed by atoms with Crippen LogP contribution in [0.4, 0.5) is 0 Å². The van der Waals surface area contributed by atoms with Crippen LogP contribution in [0, 0.1) is 0 Å². The van der Waals surface area contributed by atoms with Gasteiger partial charge in [0.2, 0.25) is 0 Å². The van der Waals surface area contributed by atoms with Gasteiger partial charge in [0.25, 0.3) is 0 Å². The van der Waals surface area contributed by atoms with Crippen molar-refractivity contribution in [1.29, 1.82) is 0 Å². The highest BCUT2D eigenvalue weighted by Gasteiger charge is 2.36. The summed E-state index contributed by atoms with van der Waals surface area (Å²) in [4.78, 5) is 0. The first kappa shape index (κ1) is 17.8. The number of nitrogens with zero attached hydrogens (tertiary/aromatic N) is 1. The Balaban J connectivity index is 1.62. The molecule has 7 rings (SSSR count). The van der Waals surface area contributed by atoms with Gasteiger partial charge in [-0.25, -0.2) is 0 Å². The van der Waals surface area contributed by atoms with Gasteiger partial charge in [-0.05, 0) is 75.5 Å². The van der Waals surface area contributed by atoms with Crippen LogP contribution in [0.3, 0.4) is 0 Å². The molecule has 1 nitrogen and oxygen atoms in total. The van der Waals surface area contributed by atoms with Crippen molar-refractivity contribution >= 4 is 32.6 Å². The average molecular weight is 410 g/mol. The lowest BCUT2D eigenvalue weighted by molar-refractivity contribution is 0.662. The molecule has 0 saturated heterocycles. The second-order valence-electron chi connectivity index (χ2n) is 9.47. The molecule has 0 radical (unpaired) electrons. The van der Waals surface area contributed by atoms with E-state index in [9.17, 15) is 0 Å². The zero-order valence-electron chi connectivity index (χ0n) is 18.3. The number of hydrogen-bond donors (Lipinski definition) is 0. The molecule has 0 unspecified atom stereocenters. The largest absolute Gasteiger partial charge is 0.309 e. The van der Waals surface area contributed by atoms with Gasteiger partial charge in [0.15, 0.2) is 0 Å². The summed E-state index contributed by atoms with van der Waals surface area (Å²) in [6.45, 7) is 4.74. The van der Waals surface area contributed by atoms with E-state index in [1.165, 1.54) is 60.5 Å². The van der Waals surface area contributed by atoms with Gasteiger partial charge in [0, 0.05) is 21.9 Å². The summed E-state index contributed by atoms with van der Waals surface area (Å²) < 4.78 is 2.42. The first-order valence-electron chi connectivity index (χ1n) is 11.3. The third kappa shape index (κ3) is 2.23. The summed E-state index contributed by atoms with van der Waals surface area (Å²) in [5.74, 6) is 0. The molecule has 0 atom stereocenters. The Morgan fingerprint density at radius 1 is 0.531 bits per heavy atom. The van der Waals surface area contributed by atoms with Crippen LogP contribution in [0.5, 0.6) is 0 Å². The fourth-order valence-corrected chi connectivity index (χ4v) is 5.74. The Morgan fingerprint density at radius 2 is 1.16 bits per heavy atom. The van der Waals surface area contributed by atoms with Gasteiger partial charge < -0.3 is 4.57 Å². The second kappa shape index (κ2) is 6.11. The van der Waals surface area contributed by atoms with Crippen LogP contribution in [0.1, 0.15) is 25.0 Å². The van der Waals surface area contributed by atoms with Crippen LogP contribution >= 0.6 is 0 Å². The van der Waals surface area contributed by atoms with Crippen LogP contribution < -0.4 is 0 Å². The number of benzene rings is 5. The standard InChI is InChI=1S/C31H23N/c1-31(2)27-17-21-11-7-6-10-20(21)16-24(27)25-18-26-23-14-8-9-15-29(23)32(30(26)19-28(25)31)22-12-4-3-5-13-22/h3-19H,1-2H3. The van der Waals surface area contributed by atoms with E-state index >= 15 is 0 Å². The topological polar surface area (TPSA) is 4.93 Å². The highest BCUT2D eigenvalue weighted by atomic mass is 15.0. The molecule has 1 heteroatoms. The van der Waals surface area contributed by atoms with Crippen LogP contribution in [0.15, 0.2) is 103 Å². The van der Waals surface area contributed by atoms with E-state index in [2.05, 4.69) is 122 Å². The van der Waals surface area contributed by atoms with E-state index in [0.29, 0.717) is 0 Å². The number of rotatable bonds is 1. The van der Waals surface area contributed by atoms with Crippen molar-refractivity contribution in [1.82, 2.24) is 4.57 Å². The average Bonchev–Trinajstić information content (AvgIpc) is 3.26. The van der Waals surface area contributed by atoms with Gasteiger partial charge in [-0.15, -0.1) is 0 Å². The van der Waals surface area contributed by atoms with Crippen molar-refractivity contribution in [3.8, 4) is 16.8 Å². The Hall–Kier alpha value is -3.84. The number of para-hydroxylation sites is 2. The molecule has 1 aromatic heterocycles. The molecule has 1 aliphatic carbocycles. The zero-order chi connectivity index (χ0) is 21.4. The molecule has 0 bridgehead atoms. The van der Waals surface area contributed by atoms with E-state index in [1.54, 1.807) is 0 Å². The minimum absolute atomic E-state index is 0.0408. The second-order valence-corrected chi connectivity index (χ2v) is 9.47. The molecule has 1 heterocycles. The molecule has 152 valence electrons. The molecule has 6 aromatic rings. The molecule has 5 aromatic carbocycles. The van der Waals surface area contributed by atoms with Crippen LogP contribution in [-0.2, 0) is 5.41 Å². The van der Waals surface area contributed by atoms with Gasteiger partial charge in [-0.1, -0.05) is 74.5 Å². The molecule has 0 spiro atoms. The van der Waals surface area contributed by atoms with Crippen LogP contribution in [0.25, 0.3) is 49.4 Å². The SMILES string of the molecule is CC1(C)c2cc3ccccc3cc2-c2cc3c4ccccc4n(-c4ccccc4)c3cc21. The molecule has 32 heavy (non-hydrogen) atoms. The van der Waals surface area contributed by atoms with Crippen molar-refractivity contribution in [2.45, 2.75) is 19.3 Å². The van der Waals surface area contributed by atoms with Gasteiger partial charge in [0.1, 0.15) is 0 Å². The summed E-state index contributed by atoms with van der Waals surface area (Å²) in [6, 6.07) is 37.9. The molecule has 1 aliphatic rings. The zero-order valence-corrected chi connectivity index (χ0v) is 18.3. The Morgan fingerprint density at radius 3 is 1.97 bits per heavy atom. The Kier molecular flexibility index (Phi) is 3.40. The fraction of sp³-hybridized carbons (Fsp3) is 0.0968. The maximum atomic E-state index is 2.45. The monoisotopic (exact) mass is 409 g/mol. The summed E-state index contributed by atoms with van der Waals surface area (Å²) in [5, 5.41) is 5.25. The highest BCUT2D eigenvalue weighted by Crippen LogP contribution is 2.52. The normalized spacial score (nSPS) is 14.2. The summed E-state index contributed by atoms with van der Waals surface area (Å²) in [6.07, 6.45) is 0. The van der Waals surface area contributed by atoms with E-state index in [4.69, 9.17) is 0 Å². The molecule has 0 saturated carbocycles. The first-order valence-corrected chi connectivity index (χ1v) is 11.3. The molecule has 0 amide bonds. The minimum Gasteiger partial charge on any atom is -0.309 e. The molecular formula is C31H23N. The van der Waals surface area contributed by atoms with Crippen LogP contribution in [-0.4, -0.2) is 4.57 Å². The van der Waals surface area contributed by atoms with Gasteiger partial charge in [0.05, 0.1) is 11.0 Å². The van der Waals surface area contributed by atoms with Crippen molar-refractivity contribution in [3.63, 3.8) is 0 Å². The molecule has 0 N–H and O–H groups in total. The lowest BCUT2D eigenvalue weighted by atomic mass is 9.81. The summed E-state index contributed by atoms with van der Waals surface area (Å²) in [7, 11) is 0. The number of fused-ring (bicyclic) bond motifs is 7. The lowest BCUT2D eigenvalue weighted by Crippen LogP contribution is -2.15. The van der Waals surface area contributed by atoms with Gasteiger partial charge in [-0.2, -0.15) is 0 Å². The fourth-order valence-electron chi connectivity index (χ4n) is 5.74. The third-order valence-electron chi connectivity index (χ3n) is 7.35. The Labute approximate surface area is 187 Å². The highest BCUT2D eigenvalue weighted by molar-refractivity contribution is 6.12. The smallest absolute Gasteiger partial charge is 0.0544 e. The van der Waals surface area contributed by atoms with Gasteiger partial charge >= 0.3 is 0 Å². The Bertz CT molecular complexity index is 1680. The maximum absolute atomic E-state index is 2.45. The van der Waals surface area contributed by atoms with E-state index in [1.807, 2.05) is 0 Å². The summed E-state index contributed by atoms with van der Waals surface area (Å²) in [5.41, 5.74) is 9.29. The molecule has 0 fully saturated rings. The van der Waals surface area contributed by atoms with Crippen molar-refractivity contribution in [2.75, 3.05) is 0 Å². The number of hydrogen-bond acceptors (Lipinski definition) is 0. The maximum Gasteiger partial charge on any atom is 0.0544 e. The minimum atomic E-state index is -0.0408. The molecule has 0 aliphatic heterocycles. The van der Waals surface area contributed by atoms with E-state index in [0.717, 1.165) is 0 Å². The predicted molar refractivity (Wildman–Crippen MR) is 136 cm³/mol. The van der Waals surface area contributed by atoms with E-state index in [-0.39, 0.29) is 5.41 Å². The lowest BCUT2D eigenvalue weighted by Gasteiger charge is -2.22. The van der Waals surface area contributed by atoms with Crippen molar-refractivity contribution in [2.24, 2.45) is 0 Å². The number of aromatic nitrogens is 1. The van der Waals surface area contributed by atoms with Crippen LogP contribution in [0.2, 0.25) is 0 Å². The van der Waals surface area contributed by atoms with E-state index < -0.39 is 0 Å². The predicted octanol–water partition coefficient (Wildman–Crippen LogP) is 8.24.